The van der Waals surface area contributed by atoms with Gasteiger partial charge < -0.3 is 19.7 Å². The van der Waals surface area contributed by atoms with Gasteiger partial charge in [-0.1, -0.05) is 23.2 Å². The summed E-state index contributed by atoms with van der Waals surface area (Å²) in [5.74, 6) is -0.593. The lowest BCUT2D eigenvalue weighted by Gasteiger charge is -2.36. The molecule has 1 N–H and O–H groups in total. The van der Waals surface area contributed by atoms with E-state index in [-0.39, 0.29) is 17.0 Å². The Morgan fingerprint density at radius 1 is 1.30 bits per heavy atom. The zero-order chi connectivity index (χ0) is 16.4. The molecule has 2 heterocycles. The van der Waals surface area contributed by atoms with Crippen LogP contribution < -0.4 is 5.32 Å². The van der Waals surface area contributed by atoms with Gasteiger partial charge in [0.2, 0.25) is 5.91 Å². The van der Waals surface area contributed by atoms with E-state index in [4.69, 9.17) is 32.7 Å². The third-order valence-electron chi connectivity index (χ3n) is 3.98. The predicted molar refractivity (Wildman–Crippen MR) is 84.3 cm³/mol. The van der Waals surface area contributed by atoms with Gasteiger partial charge >= 0.3 is 0 Å². The van der Waals surface area contributed by atoms with Crippen LogP contribution in [0.4, 0.5) is 4.39 Å². The quantitative estimate of drug-likeness (QED) is 0.817. The van der Waals surface area contributed by atoms with Crippen LogP contribution in [0.15, 0.2) is 12.1 Å². The Kier molecular flexibility index (Phi) is 5.38. The first kappa shape index (κ1) is 16.9. The van der Waals surface area contributed by atoms with Crippen LogP contribution in [0, 0.1) is 5.82 Å². The van der Waals surface area contributed by atoms with Crippen LogP contribution in [-0.4, -0.2) is 56.3 Å². The number of carbonyl (C=O) groups is 1. The maximum Gasteiger partial charge on any atom is 0.242 e. The number of carbonyl (C=O) groups excluding carboxylic acids is 1. The number of amides is 1. The molecule has 8 heteroatoms. The molecule has 0 saturated carbocycles. The van der Waals surface area contributed by atoms with E-state index in [0.29, 0.717) is 50.0 Å². The molecule has 0 aliphatic carbocycles. The first-order valence-electron chi connectivity index (χ1n) is 7.42. The van der Waals surface area contributed by atoms with Gasteiger partial charge in [0.1, 0.15) is 18.0 Å². The lowest BCUT2D eigenvalue weighted by molar-refractivity contribution is -0.144. The van der Waals surface area contributed by atoms with Crippen LogP contribution >= 0.6 is 23.2 Å². The third-order valence-corrected chi connectivity index (χ3v) is 4.60. The summed E-state index contributed by atoms with van der Waals surface area (Å²) in [5, 5.41) is 3.43. The number of hydrogen-bond acceptors (Lipinski definition) is 4. The first-order chi connectivity index (χ1) is 11.1. The predicted octanol–water partition coefficient (Wildman–Crippen LogP) is 2.02. The second-order valence-electron chi connectivity index (χ2n) is 5.51. The third kappa shape index (κ3) is 3.78. The van der Waals surface area contributed by atoms with E-state index in [1.54, 1.807) is 4.90 Å². The minimum absolute atomic E-state index is 0.0361. The normalized spacial score (nSPS) is 25.4. The van der Waals surface area contributed by atoms with Crippen LogP contribution in [0.25, 0.3) is 0 Å². The number of morpholine rings is 2. The summed E-state index contributed by atoms with van der Waals surface area (Å²) >= 11 is 11.9. The molecule has 0 aromatic heterocycles. The molecule has 2 unspecified atom stereocenters. The highest BCUT2D eigenvalue weighted by Gasteiger charge is 2.32. The molecule has 0 bridgehead atoms. The van der Waals surface area contributed by atoms with E-state index in [2.05, 4.69) is 5.32 Å². The number of hydrogen-bond donors (Lipinski definition) is 1. The van der Waals surface area contributed by atoms with Crippen LogP contribution in [-0.2, 0) is 14.3 Å². The summed E-state index contributed by atoms with van der Waals surface area (Å²) in [6.07, 6.45) is -0.475. The smallest absolute Gasteiger partial charge is 0.242 e. The highest BCUT2D eigenvalue weighted by molar-refractivity contribution is 6.35. The van der Waals surface area contributed by atoms with Crippen molar-refractivity contribution in [1.29, 1.82) is 0 Å². The highest BCUT2D eigenvalue weighted by Crippen LogP contribution is 2.32. The molecule has 5 nitrogen and oxygen atoms in total. The molecule has 1 aromatic carbocycles. The number of benzene rings is 1. The molecule has 0 spiro atoms. The fourth-order valence-corrected chi connectivity index (χ4v) is 3.27. The molecule has 1 aromatic rings. The molecule has 2 saturated heterocycles. The lowest BCUT2D eigenvalue weighted by atomic mass is 10.1. The van der Waals surface area contributed by atoms with E-state index in [0.717, 1.165) is 0 Å². The minimum Gasteiger partial charge on any atom is -0.378 e. The zero-order valence-electron chi connectivity index (χ0n) is 12.4. The molecule has 2 fully saturated rings. The van der Waals surface area contributed by atoms with Crippen molar-refractivity contribution in [1.82, 2.24) is 10.2 Å². The first-order valence-corrected chi connectivity index (χ1v) is 8.18. The van der Waals surface area contributed by atoms with Gasteiger partial charge in [0.15, 0.2) is 0 Å². The van der Waals surface area contributed by atoms with Gasteiger partial charge in [-0.25, -0.2) is 4.39 Å². The van der Waals surface area contributed by atoms with Gasteiger partial charge in [0.25, 0.3) is 0 Å². The summed E-state index contributed by atoms with van der Waals surface area (Å²) in [6, 6.07) is 2.28. The summed E-state index contributed by atoms with van der Waals surface area (Å²) in [7, 11) is 0. The average Bonchev–Trinajstić information content (AvgIpc) is 2.58. The summed E-state index contributed by atoms with van der Waals surface area (Å²) in [4.78, 5) is 14.2. The minimum atomic E-state index is -0.555. The van der Waals surface area contributed by atoms with Crippen LogP contribution in [0.3, 0.4) is 0 Å². The second-order valence-corrected chi connectivity index (χ2v) is 6.33. The van der Waals surface area contributed by atoms with Gasteiger partial charge in [0.05, 0.1) is 31.4 Å². The van der Waals surface area contributed by atoms with E-state index in [1.807, 2.05) is 0 Å². The van der Waals surface area contributed by atoms with Crippen molar-refractivity contribution in [3.63, 3.8) is 0 Å². The second kappa shape index (κ2) is 7.32. The Labute approximate surface area is 143 Å². The van der Waals surface area contributed by atoms with Gasteiger partial charge in [-0.2, -0.15) is 0 Å². The monoisotopic (exact) mass is 362 g/mol. The highest BCUT2D eigenvalue weighted by atomic mass is 35.5. The molecule has 2 aliphatic heterocycles. The lowest BCUT2D eigenvalue weighted by Crippen LogP contribution is -2.55. The largest absolute Gasteiger partial charge is 0.378 e. The van der Waals surface area contributed by atoms with Crippen molar-refractivity contribution in [3.8, 4) is 0 Å². The van der Waals surface area contributed by atoms with Gasteiger partial charge in [-0.05, 0) is 12.1 Å². The standard InChI is InChI=1S/C15H17Cl2FN2O3/c16-10-6-11(17)12(18)5-9(10)14-7-20(2-4-23-14)15(21)13-8-22-3-1-19-13/h5-6,13-14,19H,1-4,7-8H2. The molecular formula is C15H17Cl2FN2O3. The van der Waals surface area contributed by atoms with E-state index in [9.17, 15) is 9.18 Å². The Hall–Kier alpha value is -0.920. The van der Waals surface area contributed by atoms with Crippen molar-refractivity contribution in [3.05, 3.63) is 33.6 Å². The van der Waals surface area contributed by atoms with Crippen molar-refractivity contribution in [2.45, 2.75) is 12.1 Å². The zero-order valence-corrected chi connectivity index (χ0v) is 13.9. The Morgan fingerprint density at radius 2 is 2.13 bits per heavy atom. The van der Waals surface area contributed by atoms with Crippen molar-refractivity contribution < 1.29 is 18.7 Å². The van der Waals surface area contributed by atoms with Crippen molar-refractivity contribution in [2.24, 2.45) is 0 Å². The maximum atomic E-state index is 13.7. The number of halogens is 3. The SMILES string of the molecule is O=C(C1COCCN1)N1CCOC(c2cc(F)c(Cl)cc2Cl)C1. The van der Waals surface area contributed by atoms with Crippen LogP contribution in [0.1, 0.15) is 11.7 Å². The molecular weight excluding hydrogens is 346 g/mol. The van der Waals surface area contributed by atoms with Crippen molar-refractivity contribution >= 4 is 29.1 Å². The van der Waals surface area contributed by atoms with Gasteiger partial charge in [-0.15, -0.1) is 0 Å². The Bertz CT molecular complexity index is 596. The number of ether oxygens (including phenoxy) is 2. The molecule has 126 valence electrons. The molecule has 0 radical (unpaired) electrons. The van der Waals surface area contributed by atoms with Crippen LogP contribution in [0.5, 0.6) is 0 Å². The molecule has 3 rings (SSSR count). The Balaban J connectivity index is 1.73. The average molecular weight is 363 g/mol. The fourth-order valence-electron chi connectivity index (χ4n) is 2.77. The van der Waals surface area contributed by atoms with Gasteiger partial charge in [0, 0.05) is 23.7 Å². The summed E-state index contributed by atoms with van der Waals surface area (Å²) < 4.78 is 24.7. The molecule has 2 aliphatic rings. The molecule has 2 atom stereocenters. The number of nitrogens with zero attached hydrogens (tertiary/aromatic N) is 1. The number of rotatable bonds is 2. The van der Waals surface area contributed by atoms with Gasteiger partial charge in [-0.3, -0.25) is 4.79 Å². The fraction of sp³-hybridized carbons (Fsp3) is 0.533. The van der Waals surface area contributed by atoms with Crippen molar-refractivity contribution in [2.75, 3.05) is 39.5 Å². The molecule has 1 amide bonds. The molecule has 23 heavy (non-hydrogen) atoms. The topological polar surface area (TPSA) is 50.8 Å². The van der Waals surface area contributed by atoms with Crippen LogP contribution in [0.2, 0.25) is 10.0 Å². The van der Waals surface area contributed by atoms with E-state index >= 15 is 0 Å². The van der Waals surface area contributed by atoms with E-state index < -0.39 is 11.9 Å². The summed E-state index contributed by atoms with van der Waals surface area (Å²) in [5.41, 5.74) is 0.499. The van der Waals surface area contributed by atoms with E-state index in [1.165, 1.54) is 12.1 Å². The summed E-state index contributed by atoms with van der Waals surface area (Å²) in [6.45, 7) is 2.79. The Morgan fingerprint density at radius 3 is 2.87 bits per heavy atom. The maximum absolute atomic E-state index is 13.7. The number of nitrogens with one attached hydrogen (secondary N) is 1.